The van der Waals surface area contributed by atoms with Crippen LogP contribution < -0.4 is 5.32 Å². The molecule has 3 rings (SSSR count). The van der Waals surface area contributed by atoms with E-state index in [0.717, 1.165) is 19.4 Å². The van der Waals surface area contributed by atoms with E-state index in [1.54, 1.807) is 0 Å². The molecule has 21 heavy (non-hydrogen) atoms. The van der Waals surface area contributed by atoms with Gasteiger partial charge in [0.2, 0.25) is 11.8 Å². The first kappa shape index (κ1) is 14.9. The van der Waals surface area contributed by atoms with Crippen molar-refractivity contribution in [3.63, 3.8) is 0 Å². The molecule has 2 saturated carbocycles. The second-order valence-electron chi connectivity index (χ2n) is 7.59. The summed E-state index contributed by atoms with van der Waals surface area (Å²) in [7, 11) is 0. The number of carbonyl (C=O) groups is 2. The quantitative estimate of drug-likeness (QED) is 0.865. The van der Waals surface area contributed by atoms with Crippen molar-refractivity contribution in [1.29, 1.82) is 0 Å². The number of rotatable bonds is 4. The van der Waals surface area contributed by atoms with E-state index in [1.165, 1.54) is 32.1 Å². The highest BCUT2D eigenvalue weighted by atomic mass is 16.2. The average molecular weight is 292 g/mol. The third-order valence-electron chi connectivity index (χ3n) is 5.62. The maximum absolute atomic E-state index is 12.8. The van der Waals surface area contributed by atoms with Crippen LogP contribution >= 0.6 is 0 Å². The van der Waals surface area contributed by atoms with Gasteiger partial charge in [-0.3, -0.25) is 9.59 Å². The van der Waals surface area contributed by atoms with E-state index in [0.29, 0.717) is 12.3 Å². The summed E-state index contributed by atoms with van der Waals surface area (Å²) in [6.07, 6.45) is 9.07. The Kier molecular flexibility index (Phi) is 3.98. The summed E-state index contributed by atoms with van der Waals surface area (Å²) in [6.45, 7) is 5.07. The van der Waals surface area contributed by atoms with Crippen LogP contribution in [0, 0.1) is 11.3 Å². The molecule has 4 nitrogen and oxygen atoms in total. The summed E-state index contributed by atoms with van der Waals surface area (Å²) in [5.74, 6) is 0.630. The number of hydrogen-bond donors (Lipinski definition) is 1. The molecule has 0 aromatic heterocycles. The lowest BCUT2D eigenvalue weighted by molar-refractivity contribution is -0.152. The Morgan fingerprint density at radius 3 is 2.43 bits per heavy atom. The Balaban J connectivity index is 1.77. The van der Waals surface area contributed by atoms with Gasteiger partial charge in [-0.25, -0.2) is 0 Å². The zero-order valence-corrected chi connectivity index (χ0v) is 13.4. The predicted molar refractivity (Wildman–Crippen MR) is 81.6 cm³/mol. The molecule has 0 aromatic rings. The molecule has 2 amide bonds. The van der Waals surface area contributed by atoms with Gasteiger partial charge in [0.1, 0.15) is 12.1 Å². The van der Waals surface area contributed by atoms with Crippen molar-refractivity contribution in [1.82, 2.24) is 10.2 Å². The number of hydrogen-bond acceptors (Lipinski definition) is 2. The molecule has 0 radical (unpaired) electrons. The van der Waals surface area contributed by atoms with Crippen LogP contribution in [0.1, 0.15) is 65.2 Å². The lowest BCUT2D eigenvalue weighted by Crippen LogP contribution is -2.65. The Labute approximate surface area is 127 Å². The van der Waals surface area contributed by atoms with Crippen molar-refractivity contribution in [2.75, 3.05) is 6.54 Å². The molecule has 2 atom stereocenters. The van der Waals surface area contributed by atoms with Gasteiger partial charge >= 0.3 is 0 Å². The van der Waals surface area contributed by atoms with Gasteiger partial charge in [-0.15, -0.1) is 0 Å². The lowest BCUT2D eigenvalue weighted by atomic mass is 9.75. The monoisotopic (exact) mass is 292 g/mol. The second kappa shape index (κ2) is 5.62. The van der Waals surface area contributed by atoms with Gasteiger partial charge in [-0.2, -0.15) is 0 Å². The number of carbonyl (C=O) groups excluding carboxylic acids is 2. The number of nitrogens with zero attached hydrogens (tertiary/aromatic N) is 1. The Morgan fingerprint density at radius 2 is 1.86 bits per heavy atom. The summed E-state index contributed by atoms with van der Waals surface area (Å²) in [6, 6.07) is -0.501. The fourth-order valence-electron chi connectivity index (χ4n) is 4.10. The summed E-state index contributed by atoms with van der Waals surface area (Å²) in [4.78, 5) is 27.1. The van der Waals surface area contributed by atoms with E-state index in [9.17, 15) is 9.59 Å². The molecule has 1 saturated heterocycles. The van der Waals surface area contributed by atoms with Crippen LogP contribution in [0.15, 0.2) is 0 Å². The molecule has 1 heterocycles. The zero-order valence-electron chi connectivity index (χ0n) is 13.4. The van der Waals surface area contributed by atoms with Gasteiger partial charge in [0.25, 0.3) is 0 Å². The smallest absolute Gasteiger partial charge is 0.246 e. The molecular weight excluding hydrogens is 264 g/mol. The molecule has 4 heteroatoms. The molecule has 2 unspecified atom stereocenters. The zero-order chi connectivity index (χ0) is 15.0. The first-order valence-electron chi connectivity index (χ1n) is 8.65. The van der Waals surface area contributed by atoms with Crippen molar-refractivity contribution in [2.24, 2.45) is 11.3 Å². The van der Waals surface area contributed by atoms with Gasteiger partial charge in [-0.05, 0) is 43.4 Å². The molecule has 3 aliphatic rings. The van der Waals surface area contributed by atoms with Gasteiger partial charge in [-0.1, -0.05) is 33.1 Å². The highest BCUT2D eigenvalue weighted by molar-refractivity contribution is 5.97. The molecule has 2 aliphatic carbocycles. The maximum atomic E-state index is 12.8. The van der Waals surface area contributed by atoms with Crippen LogP contribution in [0.5, 0.6) is 0 Å². The summed E-state index contributed by atoms with van der Waals surface area (Å²) in [5.41, 5.74) is 0.201. The third kappa shape index (κ3) is 2.95. The van der Waals surface area contributed by atoms with E-state index < -0.39 is 0 Å². The Bertz CT molecular complexity index is 425. The number of amides is 2. The molecule has 3 fully saturated rings. The highest BCUT2D eigenvalue weighted by Gasteiger charge is 2.47. The van der Waals surface area contributed by atoms with Crippen LogP contribution in [-0.2, 0) is 9.59 Å². The topological polar surface area (TPSA) is 49.4 Å². The summed E-state index contributed by atoms with van der Waals surface area (Å²) < 4.78 is 0. The molecule has 0 aromatic carbocycles. The van der Waals surface area contributed by atoms with E-state index in [2.05, 4.69) is 12.2 Å². The SMILES string of the molecule is CCC1C(=O)NC(C2CC2)C(=O)N1CC1(C)CCCCC1. The highest BCUT2D eigenvalue weighted by Crippen LogP contribution is 2.39. The minimum Gasteiger partial charge on any atom is -0.342 e. The van der Waals surface area contributed by atoms with Crippen molar-refractivity contribution in [3.8, 4) is 0 Å². The van der Waals surface area contributed by atoms with Crippen molar-refractivity contribution >= 4 is 11.8 Å². The minimum atomic E-state index is -0.258. The van der Waals surface area contributed by atoms with E-state index in [4.69, 9.17) is 0 Å². The average Bonchev–Trinajstić information content (AvgIpc) is 3.28. The lowest BCUT2D eigenvalue weighted by Gasteiger charge is -2.45. The van der Waals surface area contributed by atoms with E-state index in [1.807, 2.05) is 11.8 Å². The van der Waals surface area contributed by atoms with Gasteiger partial charge in [0.15, 0.2) is 0 Å². The molecular formula is C17H28N2O2. The fourth-order valence-corrected chi connectivity index (χ4v) is 4.10. The maximum Gasteiger partial charge on any atom is 0.246 e. The predicted octanol–water partition coefficient (Wildman–Crippen LogP) is 2.47. The van der Waals surface area contributed by atoms with Crippen LogP contribution in [0.25, 0.3) is 0 Å². The Hall–Kier alpha value is -1.06. The standard InChI is InChI=1S/C17H28N2O2/c1-3-13-15(20)18-14(12-7-8-12)16(21)19(13)11-17(2)9-5-4-6-10-17/h12-14H,3-11H2,1-2H3,(H,18,20). The third-order valence-corrected chi connectivity index (χ3v) is 5.62. The number of nitrogens with one attached hydrogen (secondary N) is 1. The van der Waals surface area contributed by atoms with Crippen molar-refractivity contribution in [3.05, 3.63) is 0 Å². The first-order chi connectivity index (χ1) is 10.0. The largest absolute Gasteiger partial charge is 0.342 e. The fraction of sp³-hybridized carbons (Fsp3) is 0.882. The van der Waals surface area contributed by atoms with Crippen LogP contribution in [0.3, 0.4) is 0 Å². The van der Waals surface area contributed by atoms with Crippen molar-refractivity contribution < 1.29 is 9.59 Å². The normalized spacial score (nSPS) is 33.0. The van der Waals surface area contributed by atoms with Crippen LogP contribution in [0.2, 0.25) is 0 Å². The molecule has 0 bridgehead atoms. The van der Waals surface area contributed by atoms with E-state index >= 15 is 0 Å². The Morgan fingerprint density at radius 1 is 1.19 bits per heavy atom. The molecule has 0 spiro atoms. The van der Waals surface area contributed by atoms with Gasteiger partial charge in [0, 0.05) is 6.54 Å². The van der Waals surface area contributed by atoms with Crippen LogP contribution in [-0.4, -0.2) is 35.3 Å². The van der Waals surface area contributed by atoms with Gasteiger partial charge in [0.05, 0.1) is 0 Å². The molecule has 118 valence electrons. The van der Waals surface area contributed by atoms with Gasteiger partial charge < -0.3 is 10.2 Å². The first-order valence-corrected chi connectivity index (χ1v) is 8.65. The summed E-state index contributed by atoms with van der Waals surface area (Å²) in [5, 5.41) is 2.98. The van der Waals surface area contributed by atoms with Crippen LogP contribution in [0.4, 0.5) is 0 Å². The van der Waals surface area contributed by atoms with E-state index in [-0.39, 0.29) is 29.3 Å². The second-order valence-corrected chi connectivity index (χ2v) is 7.59. The molecule has 1 N–H and O–H groups in total. The molecule has 1 aliphatic heterocycles. The summed E-state index contributed by atoms with van der Waals surface area (Å²) >= 11 is 0. The van der Waals surface area contributed by atoms with Crippen molar-refractivity contribution in [2.45, 2.75) is 77.3 Å². The minimum absolute atomic E-state index is 0.0633. The number of piperazine rings is 1.